The molecule has 1 heterocycles. The number of allylic oxidation sites excluding steroid dienone is 2. The number of nitrogens with zero attached hydrogens (tertiary/aromatic N) is 2. The van der Waals surface area contributed by atoms with E-state index in [9.17, 15) is 9.59 Å². The van der Waals surface area contributed by atoms with Crippen molar-refractivity contribution in [2.24, 2.45) is 28.8 Å². The lowest BCUT2D eigenvalue weighted by Gasteiger charge is -2.37. The van der Waals surface area contributed by atoms with E-state index in [1.807, 2.05) is 48.5 Å². The summed E-state index contributed by atoms with van der Waals surface area (Å²) in [5.41, 5.74) is 1.71. The number of amides is 2. The zero-order chi connectivity index (χ0) is 20.7. The summed E-state index contributed by atoms with van der Waals surface area (Å²) < 4.78 is 5.78. The molecule has 0 aromatic heterocycles. The summed E-state index contributed by atoms with van der Waals surface area (Å²) in [4.78, 5) is 25.6. The first kappa shape index (κ1) is 19.1. The van der Waals surface area contributed by atoms with Crippen LogP contribution in [0.4, 0.5) is 0 Å². The van der Waals surface area contributed by atoms with Crippen LogP contribution in [0.15, 0.2) is 65.8 Å². The van der Waals surface area contributed by atoms with Crippen LogP contribution in [0.1, 0.15) is 24.0 Å². The van der Waals surface area contributed by atoms with E-state index in [0.29, 0.717) is 17.4 Å². The predicted molar refractivity (Wildman–Crippen MR) is 114 cm³/mol. The third kappa shape index (κ3) is 3.33. The molecule has 2 aromatic carbocycles. The highest BCUT2D eigenvalue weighted by Crippen LogP contribution is 2.49. The fraction of sp³-hybridized carbons (Fsp3) is 0.292. The maximum Gasteiger partial charge on any atom is 0.254 e. The Hall–Kier alpha value is -2.92. The van der Waals surface area contributed by atoms with Crippen molar-refractivity contribution in [3.8, 4) is 5.75 Å². The molecule has 4 aliphatic rings. The van der Waals surface area contributed by atoms with Gasteiger partial charge in [-0.25, -0.2) is 0 Å². The van der Waals surface area contributed by atoms with Gasteiger partial charge in [-0.1, -0.05) is 42.0 Å². The molecule has 0 spiro atoms. The first-order valence-electron chi connectivity index (χ1n) is 10.2. The Labute approximate surface area is 180 Å². The topological polar surface area (TPSA) is 59.0 Å². The van der Waals surface area contributed by atoms with Crippen LogP contribution in [0.3, 0.4) is 0 Å². The highest BCUT2D eigenvalue weighted by atomic mass is 35.5. The monoisotopic (exact) mass is 420 g/mol. The van der Waals surface area contributed by atoms with Crippen molar-refractivity contribution in [2.45, 2.75) is 19.4 Å². The lowest BCUT2D eigenvalue weighted by atomic mass is 9.63. The number of ether oxygens (including phenoxy) is 1. The number of halogens is 1. The summed E-state index contributed by atoms with van der Waals surface area (Å²) in [6.45, 7) is 0.378. The van der Waals surface area contributed by atoms with E-state index in [1.165, 1.54) is 0 Å². The molecule has 1 saturated carbocycles. The molecule has 2 amide bonds. The van der Waals surface area contributed by atoms with Gasteiger partial charge < -0.3 is 4.74 Å². The highest BCUT2D eigenvalue weighted by molar-refractivity contribution is 6.31. The molecule has 1 aliphatic heterocycles. The second-order valence-electron chi connectivity index (χ2n) is 8.02. The molecule has 0 N–H and O–H groups in total. The molecule has 6 rings (SSSR count). The van der Waals surface area contributed by atoms with Crippen LogP contribution >= 0.6 is 11.6 Å². The summed E-state index contributed by atoms with van der Waals surface area (Å²) in [6.07, 6.45) is 7.73. The zero-order valence-corrected chi connectivity index (χ0v) is 17.0. The Morgan fingerprint density at radius 2 is 1.60 bits per heavy atom. The van der Waals surface area contributed by atoms with Crippen molar-refractivity contribution in [2.75, 3.05) is 0 Å². The number of hydrogen-bond acceptors (Lipinski definition) is 4. The Morgan fingerprint density at radius 1 is 0.967 bits per heavy atom. The van der Waals surface area contributed by atoms with Crippen molar-refractivity contribution >= 4 is 29.6 Å². The SMILES string of the molecule is O=C1[C@@H]2[C@H](C(=O)N1/N=C\c1ccc(OCc3ccccc3Cl)cc1)[C@H]1C=C[C@H]2CC1. The van der Waals surface area contributed by atoms with Gasteiger partial charge in [0.1, 0.15) is 12.4 Å². The molecule has 1 saturated heterocycles. The fourth-order valence-corrected chi connectivity index (χ4v) is 4.91. The lowest BCUT2D eigenvalue weighted by molar-refractivity contribution is -0.140. The van der Waals surface area contributed by atoms with Crippen molar-refractivity contribution in [1.82, 2.24) is 5.01 Å². The molecule has 5 nitrogen and oxygen atoms in total. The average Bonchev–Trinajstić information content (AvgIpc) is 3.05. The molecule has 2 fully saturated rings. The van der Waals surface area contributed by atoms with Gasteiger partial charge in [0.2, 0.25) is 0 Å². The molecule has 152 valence electrons. The Morgan fingerprint density at radius 3 is 2.20 bits per heavy atom. The summed E-state index contributed by atoms with van der Waals surface area (Å²) >= 11 is 6.15. The summed E-state index contributed by atoms with van der Waals surface area (Å²) in [7, 11) is 0. The van der Waals surface area contributed by atoms with E-state index in [-0.39, 0.29) is 35.5 Å². The average molecular weight is 421 g/mol. The highest BCUT2D eigenvalue weighted by Gasteiger charge is 2.56. The standard InChI is InChI=1S/C24H21ClN2O3/c25-20-4-2-1-3-18(20)14-30-19-11-5-15(6-12-19)13-26-27-23(28)21-16-7-8-17(10-9-16)22(21)24(27)29/h1-8,11-13,16-17,21-22H,9-10,14H2/b26-13-/t16-,17-,21-,22+/m0/s1. The van der Waals surface area contributed by atoms with E-state index >= 15 is 0 Å². The number of rotatable bonds is 5. The Balaban J connectivity index is 1.25. The number of imide groups is 1. The van der Waals surface area contributed by atoms with Gasteiger partial charge in [0.25, 0.3) is 11.8 Å². The molecular formula is C24H21ClN2O3. The number of benzene rings is 2. The maximum absolute atomic E-state index is 12.8. The second-order valence-corrected chi connectivity index (χ2v) is 8.43. The van der Waals surface area contributed by atoms with Crippen molar-refractivity contribution in [3.63, 3.8) is 0 Å². The first-order valence-corrected chi connectivity index (χ1v) is 10.6. The van der Waals surface area contributed by atoms with Gasteiger partial charge in [-0.2, -0.15) is 10.1 Å². The van der Waals surface area contributed by atoms with Gasteiger partial charge in [0, 0.05) is 10.6 Å². The number of hydrogen-bond donors (Lipinski definition) is 0. The number of carbonyl (C=O) groups excluding carboxylic acids is 2. The minimum Gasteiger partial charge on any atom is -0.489 e. The van der Waals surface area contributed by atoms with E-state index in [1.54, 1.807) is 6.21 Å². The van der Waals surface area contributed by atoms with Crippen LogP contribution in [0.25, 0.3) is 0 Å². The number of fused-ring (bicyclic) bond motifs is 1. The quantitative estimate of drug-likeness (QED) is 0.408. The number of hydrazone groups is 1. The summed E-state index contributed by atoms with van der Waals surface area (Å²) in [6, 6.07) is 14.9. The zero-order valence-electron chi connectivity index (χ0n) is 16.3. The van der Waals surface area contributed by atoms with Gasteiger partial charge in [0.15, 0.2) is 0 Å². The molecule has 2 aromatic rings. The van der Waals surface area contributed by atoms with Gasteiger partial charge >= 0.3 is 0 Å². The van der Waals surface area contributed by atoms with Crippen LogP contribution in [0.2, 0.25) is 5.02 Å². The largest absolute Gasteiger partial charge is 0.489 e. The van der Waals surface area contributed by atoms with Crippen LogP contribution in [-0.2, 0) is 16.2 Å². The van der Waals surface area contributed by atoms with Crippen LogP contribution in [0.5, 0.6) is 5.75 Å². The summed E-state index contributed by atoms with van der Waals surface area (Å²) in [5, 5.41) is 5.98. The fourth-order valence-electron chi connectivity index (χ4n) is 4.72. The van der Waals surface area contributed by atoms with Gasteiger partial charge in [-0.15, -0.1) is 0 Å². The van der Waals surface area contributed by atoms with Gasteiger partial charge in [0.05, 0.1) is 18.1 Å². The third-order valence-electron chi connectivity index (χ3n) is 6.29. The first-order chi connectivity index (χ1) is 14.6. The molecule has 3 aliphatic carbocycles. The Kier molecular flexibility index (Phi) is 4.91. The van der Waals surface area contributed by atoms with E-state index in [0.717, 1.165) is 29.0 Å². The van der Waals surface area contributed by atoms with Crippen molar-refractivity contribution in [3.05, 3.63) is 76.8 Å². The third-order valence-corrected chi connectivity index (χ3v) is 6.66. The van der Waals surface area contributed by atoms with Crippen LogP contribution < -0.4 is 4.74 Å². The minimum atomic E-state index is -0.237. The molecule has 30 heavy (non-hydrogen) atoms. The van der Waals surface area contributed by atoms with Crippen LogP contribution in [0, 0.1) is 23.7 Å². The van der Waals surface area contributed by atoms with E-state index < -0.39 is 0 Å². The summed E-state index contributed by atoms with van der Waals surface area (Å²) in [5.74, 6) is 0.240. The van der Waals surface area contributed by atoms with E-state index in [4.69, 9.17) is 16.3 Å². The maximum atomic E-state index is 12.8. The van der Waals surface area contributed by atoms with Gasteiger partial charge in [-0.3, -0.25) is 9.59 Å². The number of carbonyl (C=O) groups is 2. The van der Waals surface area contributed by atoms with Crippen LogP contribution in [-0.4, -0.2) is 23.0 Å². The lowest BCUT2D eigenvalue weighted by Crippen LogP contribution is -2.38. The molecular weight excluding hydrogens is 400 g/mol. The van der Waals surface area contributed by atoms with Gasteiger partial charge in [-0.05, 0) is 60.6 Å². The predicted octanol–water partition coefficient (Wildman–Crippen LogP) is 4.45. The Bertz CT molecular complexity index is 1010. The molecule has 4 atom stereocenters. The van der Waals surface area contributed by atoms with Crippen molar-refractivity contribution in [1.29, 1.82) is 0 Å². The smallest absolute Gasteiger partial charge is 0.254 e. The normalized spacial score (nSPS) is 27.2. The minimum absolute atomic E-state index is 0.167. The molecule has 0 unspecified atom stereocenters. The molecule has 0 radical (unpaired) electrons. The molecule has 6 heteroatoms. The second kappa shape index (κ2) is 7.73. The van der Waals surface area contributed by atoms with Crippen molar-refractivity contribution < 1.29 is 14.3 Å². The molecule has 2 bridgehead atoms. The van der Waals surface area contributed by atoms with E-state index in [2.05, 4.69) is 17.3 Å².